The molecule has 1 saturated heterocycles. The molecule has 0 bridgehead atoms. The quantitative estimate of drug-likeness (QED) is 0.640. The van der Waals surface area contributed by atoms with Crippen LogP contribution in [-0.4, -0.2) is 19.0 Å². The number of carbonyl (C=O) groups excluding carboxylic acids is 1. The van der Waals surface area contributed by atoms with Gasteiger partial charge in [-0.3, -0.25) is 4.79 Å². The Morgan fingerprint density at radius 1 is 1.14 bits per heavy atom. The second-order valence-corrected chi connectivity index (χ2v) is 5.04. The standard InChI is InChI=1S/C10H16.C7H12O2.C2H6/c1-5-10(6-2)8-7-9(3)4;1-6(8)7-2-4-9-5-3-7;1-2/h5,7-8H,1,6H2,2-4H3;7H,2-5H2,1H3;1-2H3/b10-8+;;. The Morgan fingerprint density at radius 3 is 1.95 bits per heavy atom. The van der Waals surface area contributed by atoms with Crippen molar-refractivity contribution in [3.63, 3.8) is 0 Å². The molecule has 1 fully saturated rings. The summed E-state index contributed by atoms with van der Waals surface area (Å²) in [7, 11) is 0. The molecule has 0 radical (unpaired) electrons. The Hall–Kier alpha value is -1.15. The van der Waals surface area contributed by atoms with E-state index in [1.165, 1.54) is 11.1 Å². The summed E-state index contributed by atoms with van der Waals surface area (Å²) in [6.45, 7) is 17.2. The van der Waals surface area contributed by atoms with Crippen LogP contribution in [0.2, 0.25) is 0 Å². The van der Waals surface area contributed by atoms with Crippen molar-refractivity contribution in [1.82, 2.24) is 0 Å². The summed E-state index contributed by atoms with van der Waals surface area (Å²) in [5, 5.41) is 0. The van der Waals surface area contributed by atoms with Crippen LogP contribution in [0.5, 0.6) is 0 Å². The Morgan fingerprint density at radius 2 is 1.67 bits per heavy atom. The minimum atomic E-state index is 0.291. The number of allylic oxidation sites excluding steroid dienone is 5. The zero-order valence-electron chi connectivity index (χ0n) is 14.9. The van der Waals surface area contributed by atoms with Gasteiger partial charge in [0.05, 0.1) is 0 Å². The number of ether oxygens (including phenoxy) is 1. The monoisotopic (exact) mass is 294 g/mol. The highest BCUT2D eigenvalue weighted by Crippen LogP contribution is 2.14. The number of rotatable bonds is 4. The van der Waals surface area contributed by atoms with Crippen LogP contribution in [0.3, 0.4) is 0 Å². The van der Waals surface area contributed by atoms with Gasteiger partial charge < -0.3 is 4.74 Å². The van der Waals surface area contributed by atoms with Crippen molar-refractivity contribution >= 4 is 5.78 Å². The molecule has 1 aliphatic rings. The van der Waals surface area contributed by atoms with Crippen molar-refractivity contribution in [2.24, 2.45) is 5.92 Å². The molecule has 0 N–H and O–H groups in total. The summed E-state index contributed by atoms with van der Waals surface area (Å²) in [5.41, 5.74) is 2.62. The largest absolute Gasteiger partial charge is 0.381 e. The smallest absolute Gasteiger partial charge is 0.133 e. The van der Waals surface area contributed by atoms with Crippen LogP contribution in [0, 0.1) is 5.92 Å². The molecule has 1 heterocycles. The maximum Gasteiger partial charge on any atom is 0.133 e. The van der Waals surface area contributed by atoms with E-state index in [0.717, 1.165) is 32.5 Å². The molecule has 1 rings (SSSR count). The van der Waals surface area contributed by atoms with E-state index in [-0.39, 0.29) is 0 Å². The normalized spacial score (nSPS) is 14.9. The number of hydrogen-bond donors (Lipinski definition) is 0. The van der Waals surface area contributed by atoms with Gasteiger partial charge in [0.25, 0.3) is 0 Å². The molecule has 0 spiro atoms. The predicted octanol–water partition coefficient (Wildman–Crippen LogP) is 5.50. The lowest BCUT2D eigenvalue weighted by Gasteiger charge is -2.18. The predicted molar refractivity (Wildman–Crippen MR) is 93.6 cm³/mol. The maximum absolute atomic E-state index is 10.7. The van der Waals surface area contributed by atoms with E-state index in [2.05, 4.69) is 39.5 Å². The lowest BCUT2D eigenvalue weighted by molar-refractivity contribution is -0.123. The van der Waals surface area contributed by atoms with E-state index in [1.54, 1.807) is 6.92 Å². The van der Waals surface area contributed by atoms with Gasteiger partial charge in [-0.15, -0.1) is 0 Å². The van der Waals surface area contributed by atoms with Gasteiger partial charge in [0.2, 0.25) is 0 Å². The molecule has 0 atom stereocenters. The van der Waals surface area contributed by atoms with Crippen molar-refractivity contribution in [2.75, 3.05) is 13.2 Å². The van der Waals surface area contributed by atoms with Crippen LogP contribution in [0.25, 0.3) is 0 Å². The van der Waals surface area contributed by atoms with Crippen LogP contribution in [-0.2, 0) is 9.53 Å². The Labute approximate surface area is 132 Å². The number of carbonyl (C=O) groups is 1. The zero-order chi connectivity index (χ0) is 16.7. The van der Waals surface area contributed by atoms with Crippen molar-refractivity contribution < 1.29 is 9.53 Å². The van der Waals surface area contributed by atoms with Gasteiger partial charge in [-0.1, -0.05) is 51.2 Å². The molecule has 0 aromatic heterocycles. The third-order valence-electron chi connectivity index (χ3n) is 3.10. The zero-order valence-corrected chi connectivity index (χ0v) is 14.9. The first-order valence-electron chi connectivity index (χ1n) is 8.05. The number of hydrogen-bond acceptors (Lipinski definition) is 2. The summed E-state index contributed by atoms with van der Waals surface area (Å²) in [4.78, 5) is 10.7. The van der Waals surface area contributed by atoms with Crippen molar-refractivity contribution in [3.8, 4) is 0 Å². The van der Waals surface area contributed by atoms with Gasteiger partial charge >= 0.3 is 0 Å². The molecule has 0 aromatic rings. The molecule has 2 nitrogen and oxygen atoms in total. The molecule has 21 heavy (non-hydrogen) atoms. The van der Waals surface area contributed by atoms with Crippen LogP contribution in [0.15, 0.2) is 36.0 Å². The van der Waals surface area contributed by atoms with Crippen LogP contribution < -0.4 is 0 Å². The van der Waals surface area contributed by atoms with E-state index in [1.807, 2.05) is 19.9 Å². The molecule has 0 amide bonds. The fraction of sp³-hybridized carbons (Fsp3) is 0.632. The summed E-state index contributed by atoms with van der Waals surface area (Å²) < 4.78 is 5.10. The molecular weight excluding hydrogens is 260 g/mol. The Bertz CT molecular complexity index is 327. The summed E-state index contributed by atoms with van der Waals surface area (Å²) in [6, 6.07) is 0. The first-order valence-corrected chi connectivity index (χ1v) is 8.05. The van der Waals surface area contributed by atoms with Gasteiger partial charge in [-0.25, -0.2) is 0 Å². The van der Waals surface area contributed by atoms with Crippen LogP contribution >= 0.6 is 0 Å². The topological polar surface area (TPSA) is 26.3 Å². The van der Waals surface area contributed by atoms with Gasteiger partial charge in [0.1, 0.15) is 5.78 Å². The van der Waals surface area contributed by atoms with Gasteiger partial charge in [0, 0.05) is 19.1 Å². The minimum Gasteiger partial charge on any atom is -0.381 e. The van der Waals surface area contributed by atoms with Gasteiger partial charge in [0.15, 0.2) is 0 Å². The molecular formula is C19H34O2. The van der Waals surface area contributed by atoms with Crippen LogP contribution in [0.1, 0.15) is 60.8 Å². The molecule has 0 aromatic carbocycles. The van der Waals surface area contributed by atoms with Crippen molar-refractivity contribution in [2.45, 2.75) is 60.8 Å². The average molecular weight is 294 g/mol. The van der Waals surface area contributed by atoms with E-state index < -0.39 is 0 Å². The number of Topliss-reactive ketones (excluding diaryl/α,β-unsaturated/α-hetero) is 1. The van der Waals surface area contributed by atoms with E-state index in [9.17, 15) is 4.79 Å². The number of ketones is 1. The Balaban J connectivity index is 0. The van der Waals surface area contributed by atoms with Gasteiger partial charge in [-0.05, 0) is 45.6 Å². The first kappa shape index (κ1) is 22.1. The maximum atomic E-state index is 10.7. The lowest BCUT2D eigenvalue weighted by atomic mass is 9.97. The molecule has 122 valence electrons. The highest BCUT2D eigenvalue weighted by molar-refractivity contribution is 5.78. The second-order valence-electron chi connectivity index (χ2n) is 5.04. The molecule has 1 aliphatic heterocycles. The van der Waals surface area contributed by atoms with E-state index >= 15 is 0 Å². The van der Waals surface area contributed by atoms with Crippen molar-refractivity contribution in [1.29, 1.82) is 0 Å². The van der Waals surface area contributed by atoms with Crippen LogP contribution in [0.4, 0.5) is 0 Å². The Kier molecular flexibility index (Phi) is 16.1. The van der Waals surface area contributed by atoms with Gasteiger partial charge in [-0.2, -0.15) is 0 Å². The highest BCUT2D eigenvalue weighted by atomic mass is 16.5. The van der Waals surface area contributed by atoms with E-state index in [4.69, 9.17) is 4.74 Å². The minimum absolute atomic E-state index is 0.291. The molecule has 0 aliphatic carbocycles. The highest BCUT2D eigenvalue weighted by Gasteiger charge is 2.16. The lowest BCUT2D eigenvalue weighted by Crippen LogP contribution is -2.21. The molecule has 0 unspecified atom stereocenters. The third kappa shape index (κ3) is 13.6. The fourth-order valence-corrected chi connectivity index (χ4v) is 1.71. The summed E-state index contributed by atoms with van der Waals surface area (Å²) in [6.07, 6.45) is 9.04. The summed E-state index contributed by atoms with van der Waals surface area (Å²) in [5.74, 6) is 0.608. The first-order chi connectivity index (χ1) is 10.0. The average Bonchev–Trinajstić information content (AvgIpc) is 2.51. The fourth-order valence-electron chi connectivity index (χ4n) is 1.71. The second kappa shape index (κ2) is 15.2. The summed E-state index contributed by atoms with van der Waals surface area (Å²) >= 11 is 0. The molecule has 0 saturated carbocycles. The SMILES string of the molecule is C=C/C(=C\C=C(C)C)CC.CC.CC(=O)C1CCOCC1. The third-order valence-corrected chi connectivity index (χ3v) is 3.10. The van der Waals surface area contributed by atoms with Crippen molar-refractivity contribution in [3.05, 3.63) is 36.0 Å². The van der Waals surface area contributed by atoms with E-state index in [0.29, 0.717) is 11.7 Å². The molecule has 2 heteroatoms.